The van der Waals surface area contributed by atoms with E-state index in [1.807, 2.05) is 0 Å². The third-order valence-corrected chi connectivity index (χ3v) is 2.38. The molecule has 0 bridgehead atoms. The Balaban J connectivity index is 2.63. The summed E-state index contributed by atoms with van der Waals surface area (Å²) in [6, 6.07) is 4.74. The highest BCUT2D eigenvalue weighted by Gasteiger charge is 2.15. The molecule has 0 aliphatic rings. The highest BCUT2D eigenvalue weighted by molar-refractivity contribution is 5.96. The van der Waals surface area contributed by atoms with Gasteiger partial charge in [0.05, 0.1) is 11.6 Å². The lowest BCUT2D eigenvalue weighted by Crippen LogP contribution is -2.36. The summed E-state index contributed by atoms with van der Waals surface area (Å²) in [5.74, 6) is -2.69. The normalized spacial score (nSPS) is 11.6. The van der Waals surface area contributed by atoms with Gasteiger partial charge in [0.2, 0.25) is 5.91 Å². The minimum absolute atomic E-state index is 0.0137. The van der Waals surface area contributed by atoms with Crippen LogP contribution in [-0.2, 0) is 9.59 Å². The number of aliphatic carboxylic acids is 1. The molecule has 0 heterocycles. The van der Waals surface area contributed by atoms with Crippen molar-refractivity contribution >= 4 is 23.5 Å². The van der Waals surface area contributed by atoms with E-state index in [-0.39, 0.29) is 18.4 Å². The smallest absolute Gasteiger partial charge is 0.335 e. The molecule has 0 saturated carbocycles. The molecule has 1 amide bonds. The molecular weight excluding hydrogens is 252 g/mol. The van der Waals surface area contributed by atoms with Gasteiger partial charge in [0, 0.05) is 12.1 Å². The number of nitrogens with one attached hydrogen (secondary N) is 1. The highest BCUT2D eigenvalue weighted by Crippen LogP contribution is 2.11. The molecule has 0 fully saturated rings. The molecule has 1 atom stereocenters. The van der Waals surface area contributed by atoms with E-state index in [0.717, 1.165) is 0 Å². The fourth-order valence-corrected chi connectivity index (χ4v) is 1.38. The van der Waals surface area contributed by atoms with Gasteiger partial charge < -0.3 is 21.3 Å². The Morgan fingerprint density at radius 3 is 2.53 bits per heavy atom. The Morgan fingerprint density at radius 2 is 1.95 bits per heavy atom. The number of carboxylic acids is 2. The average molecular weight is 266 g/mol. The Kier molecular flexibility index (Phi) is 5.01. The summed E-state index contributed by atoms with van der Waals surface area (Å²) < 4.78 is 0. The predicted molar refractivity (Wildman–Crippen MR) is 66.9 cm³/mol. The summed E-state index contributed by atoms with van der Waals surface area (Å²) in [5, 5.41) is 19.7. The number of rotatable bonds is 6. The maximum absolute atomic E-state index is 11.6. The lowest BCUT2D eigenvalue weighted by molar-refractivity contribution is -0.137. The second-order valence-electron chi connectivity index (χ2n) is 3.91. The van der Waals surface area contributed by atoms with E-state index in [9.17, 15) is 14.4 Å². The van der Waals surface area contributed by atoms with Gasteiger partial charge in [0.1, 0.15) is 0 Å². The van der Waals surface area contributed by atoms with Crippen molar-refractivity contribution in [1.82, 2.24) is 0 Å². The molecule has 1 aromatic rings. The second kappa shape index (κ2) is 6.50. The number of nitrogens with two attached hydrogens (primary N) is 1. The van der Waals surface area contributed by atoms with E-state index >= 15 is 0 Å². The van der Waals surface area contributed by atoms with Crippen molar-refractivity contribution in [2.75, 3.05) is 5.32 Å². The molecule has 7 heteroatoms. The zero-order valence-electron chi connectivity index (χ0n) is 10.00. The number of hydrogen-bond acceptors (Lipinski definition) is 4. The van der Waals surface area contributed by atoms with Crippen molar-refractivity contribution in [3.63, 3.8) is 0 Å². The number of aromatic carboxylic acids is 1. The molecule has 1 rings (SSSR count). The van der Waals surface area contributed by atoms with Crippen LogP contribution in [-0.4, -0.2) is 34.1 Å². The van der Waals surface area contributed by atoms with Gasteiger partial charge in [-0.05, 0) is 24.6 Å². The van der Waals surface area contributed by atoms with Crippen LogP contribution in [0.4, 0.5) is 5.69 Å². The summed E-state index contributed by atoms with van der Waals surface area (Å²) >= 11 is 0. The van der Waals surface area contributed by atoms with E-state index in [2.05, 4.69) is 5.32 Å². The minimum atomic E-state index is -1.11. The molecule has 5 N–H and O–H groups in total. The van der Waals surface area contributed by atoms with Crippen LogP contribution in [0.5, 0.6) is 0 Å². The largest absolute Gasteiger partial charge is 0.481 e. The van der Waals surface area contributed by atoms with Crippen LogP contribution in [0.15, 0.2) is 24.3 Å². The summed E-state index contributed by atoms with van der Waals surface area (Å²) in [6.45, 7) is 0. The van der Waals surface area contributed by atoms with Gasteiger partial charge in [0.25, 0.3) is 0 Å². The van der Waals surface area contributed by atoms with Crippen molar-refractivity contribution in [1.29, 1.82) is 0 Å². The molecule has 0 aromatic heterocycles. The molecule has 0 radical (unpaired) electrons. The zero-order chi connectivity index (χ0) is 14.4. The minimum Gasteiger partial charge on any atom is -0.481 e. The van der Waals surface area contributed by atoms with Crippen LogP contribution in [0.2, 0.25) is 0 Å². The van der Waals surface area contributed by atoms with Gasteiger partial charge in [-0.1, -0.05) is 6.07 Å². The van der Waals surface area contributed by atoms with Gasteiger partial charge in [-0.2, -0.15) is 0 Å². The van der Waals surface area contributed by atoms with Gasteiger partial charge >= 0.3 is 11.9 Å². The molecule has 102 valence electrons. The van der Waals surface area contributed by atoms with Gasteiger partial charge in [-0.15, -0.1) is 0 Å². The quantitative estimate of drug-likeness (QED) is 0.593. The third-order valence-electron chi connectivity index (χ3n) is 2.38. The van der Waals surface area contributed by atoms with Crippen molar-refractivity contribution in [3.05, 3.63) is 29.8 Å². The standard InChI is InChI=1S/C12H14N2O5/c13-9(4-5-10(15)16)11(17)14-8-3-1-2-7(6-8)12(18)19/h1-3,6,9H,4-5,13H2,(H,14,17)(H,15,16)(H,18,19). The van der Waals surface area contributed by atoms with Gasteiger partial charge in [0.15, 0.2) is 0 Å². The Hall–Kier alpha value is -2.41. The van der Waals surface area contributed by atoms with Crippen LogP contribution >= 0.6 is 0 Å². The lowest BCUT2D eigenvalue weighted by Gasteiger charge is -2.11. The van der Waals surface area contributed by atoms with E-state index in [0.29, 0.717) is 5.69 Å². The monoisotopic (exact) mass is 266 g/mol. The van der Waals surface area contributed by atoms with Crippen LogP contribution in [0.3, 0.4) is 0 Å². The number of hydrogen-bond donors (Lipinski definition) is 4. The molecule has 0 spiro atoms. The number of anilines is 1. The first-order chi connectivity index (χ1) is 8.90. The summed E-state index contributed by atoms with van der Waals surface area (Å²) in [7, 11) is 0. The molecular formula is C12H14N2O5. The topological polar surface area (TPSA) is 130 Å². The molecule has 1 aromatic carbocycles. The van der Waals surface area contributed by atoms with Crippen molar-refractivity contribution in [3.8, 4) is 0 Å². The Bertz CT molecular complexity index is 501. The fourth-order valence-electron chi connectivity index (χ4n) is 1.38. The first-order valence-corrected chi connectivity index (χ1v) is 5.51. The maximum Gasteiger partial charge on any atom is 0.335 e. The highest BCUT2D eigenvalue weighted by atomic mass is 16.4. The van der Waals surface area contributed by atoms with Gasteiger partial charge in [-0.25, -0.2) is 4.79 Å². The molecule has 0 saturated heterocycles. The SMILES string of the molecule is NC(CCC(=O)O)C(=O)Nc1cccc(C(=O)O)c1. The lowest BCUT2D eigenvalue weighted by atomic mass is 10.1. The number of carbonyl (C=O) groups is 3. The Labute approximate surface area is 109 Å². The van der Waals surface area contributed by atoms with E-state index in [1.165, 1.54) is 24.3 Å². The summed E-state index contributed by atoms with van der Waals surface area (Å²) in [4.78, 5) is 32.7. The van der Waals surface area contributed by atoms with E-state index in [4.69, 9.17) is 15.9 Å². The summed E-state index contributed by atoms with van der Waals surface area (Å²) in [5.41, 5.74) is 5.86. The number of carbonyl (C=O) groups excluding carboxylic acids is 1. The van der Waals surface area contributed by atoms with Crippen LogP contribution in [0.1, 0.15) is 23.2 Å². The molecule has 0 aliphatic heterocycles. The third kappa shape index (κ3) is 4.76. The van der Waals surface area contributed by atoms with Crippen molar-refractivity contribution < 1.29 is 24.6 Å². The van der Waals surface area contributed by atoms with E-state index in [1.54, 1.807) is 0 Å². The maximum atomic E-state index is 11.6. The molecule has 0 aliphatic carbocycles. The van der Waals surface area contributed by atoms with Crippen LogP contribution < -0.4 is 11.1 Å². The summed E-state index contributed by atoms with van der Waals surface area (Å²) in [6.07, 6.45) is -0.191. The van der Waals surface area contributed by atoms with E-state index < -0.39 is 23.9 Å². The number of amides is 1. The van der Waals surface area contributed by atoms with Crippen molar-refractivity contribution in [2.45, 2.75) is 18.9 Å². The second-order valence-corrected chi connectivity index (χ2v) is 3.91. The number of benzene rings is 1. The van der Waals surface area contributed by atoms with Crippen LogP contribution in [0.25, 0.3) is 0 Å². The predicted octanol–water partition coefficient (Wildman–Crippen LogP) is 0.515. The first kappa shape index (κ1) is 14.7. The van der Waals surface area contributed by atoms with Crippen LogP contribution in [0, 0.1) is 0 Å². The van der Waals surface area contributed by atoms with Crippen molar-refractivity contribution in [2.24, 2.45) is 5.73 Å². The average Bonchev–Trinajstić information content (AvgIpc) is 2.36. The molecule has 19 heavy (non-hydrogen) atoms. The molecule has 7 nitrogen and oxygen atoms in total. The number of carboxylic acid groups (broad SMARTS) is 2. The molecule has 1 unspecified atom stereocenters. The Morgan fingerprint density at radius 1 is 1.26 bits per heavy atom. The zero-order valence-corrected chi connectivity index (χ0v) is 10.00. The fraction of sp³-hybridized carbons (Fsp3) is 0.250. The van der Waals surface area contributed by atoms with Gasteiger partial charge in [-0.3, -0.25) is 9.59 Å². The first-order valence-electron chi connectivity index (χ1n) is 5.51.